The molecule has 1 atom stereocenters. The first-order chi connectivity index (χ1) is 15.8. The molecule has 0 radical (unpaired) electrons. The normalized spacial score (nSPS) is 12.5. The highest BCUT2D eigenvalue weighted by Gasteiger charge is 2.33. The van der Waals surface area contributed by atoms with Crippen LogP contribution in [0.1, 0.15) is 30.9 Å². The monoisotopic (exact) mass is 445 g/mol. The summed E-state index contributed by atoms with van der Waals surface area (Å²) in [6.07, 6.45) is 1.77. The van der Waals surface area contributed by atoms with Crippen LogP contribution in [0.4, 0.5) is 4.39 Å². The third-order valence-corrected chi connectivity index (χ3v) is 5.81. The first-order valence-electron chi connectivity index (χ1n) is 10.6. The fourth-order valence-electron chi connectivity index (χ4n) is 4.25. The van der Waals surface area contributed by atoms with Crippen molar-refractivity contribution in [2.75, 3.05) is 6.54 Å². The molecule has 4 rings (SSSR count). The number of fused-ring (bicyclic) bond motifs is 1. The third-order valence-electron chi connectivity index (χ3n) is 5.81. The molecule has 7 heteroatoms. The summed E-state index contributed by atoms with van der Waals surface area (Å²) in [5, 5.41) is 16.9. The van der Waals surface area contributed by atoms with Gasteiger partial charge in [0.25, 0.3) is 0 Å². The van der Waals surface area contributed by atoms with Crippen LogP contribution in [0, 0.1) is 11.2 Å². The molecule has 0 aliphatic heterocycles. The summed E-state index contributed by atoms with van der Waals surface area (Å²) in [5.41, 5.74) is 3.22. The number of rotatable bonds is 6. The van der Waals surface area contributed by atoms with Gasteiger partial charge < -0.3 is 10.4 Å². The van der Waals surface area contributed by atoms with E-state index in [0.29, 0.717) is 0 Å². The fourth-order valence-corrected chi connectivity index (χ4v) is 4.25. The van der Waals surface area contributed by atoms with Crippen molar-refractivity contribution in [3.63, 3.8) is 0 Å². The number of aromatic nitrogens is 2. The maximum Gasteiger partial charge on any atom is 0.394 e. The van der Waals surface area contributed by atoms with Gasteiger partial charge in [0.05, 0.1) is 17.4 Å². The number of benzene rings is 3. The fraction of sp³-hybridized carbons (Fsp3) is 0.192. The van der Waals surface area contributed by atoms with Crippen molar-refractivity contribution in [2.45, 2.75) is 19.8 Å². The van der Waals surface area contributed by atoms with E-state index in [2.05, 4.69) is 16.5 Å². The zero-order chi connectivity index (χ0) is 23.6. The zero-order valence-corrected chi connectivity index (χ0v) is 18.3. The number of carbonyl (C=O) groups excluding carboxylic acids is 1. The quantitative estimate of drug-likeness (QED) is 0.427. The van der Waals surface area contributed by atoms with Gasteiger partial charge in [-0.25, -0.2) is 13.9 Å². The van der Waals surface area contributed by atoms with Crippen molar-refractivity contribution in [2.24, 2.45) is 5.41 Å². The van der Waals surface area contributed by atoms with Crippen molar-refractivity contribution in [1.29, 1.82) is 0 Å². The minimum Gasteiger partial charge on any atom is -0.474 e. The van der Waals surface area contributed by atoms with Crippen LogP contribution >= 0.6 is 0 Å². The van der Waals surface area contributed by atoms with E-state index < -0.39 is 17.3 Å². The molecule has 3 aromatic carbocycles. The summed E-state index contributed by atoms with van der Waals surface area (Å²) in [5.74, 6) is -2.95. The molecule has 4 aromatic rings. The number of nitrogens with zero attached hydrogens (tertiary/aromatic N) is 2. The Labute approximate surface area is 190 Å². The zero-order valence-electron chi connectivity index (χ0n) is 18.3. The molecule has 6 nitrogen and oxygen atoms in total. The lowest BCUT2D eigenvalue weighted by Crippen LogP contribution is -2.40. The Balaban J connectivity index is 1.74. The Morgan fingerprint density at radius 3 is 2.39 bits per heavy atom. The number of amides is 1. The second-order valence-corrected chi connectivity index (χ2v) is 8.67. The Bertz CT molecular complexity index is 1300. The molecular formula is C26H24FN3O3. The maximum atomic E-state index is 13.3. The molecule has 1 aromatic heterocycles. The number of carbonyl (C=O) groups is 2. The lowest BCUT2D eigenvalue weighted by atomic mass is 9.71. The molecule has 0 aliphatic rings. The number of hydrogen-bond donors (Lipinski definition) is 2. The molecule has 1 amide bonds. The van der Waals surface area contributed by atoms with Crippen molar-refractivity contribution >= 4 is 22.8 Å². The summed E-state index contributed by atoms with van der Waals surface area (Å²) < 4.78 is 15.1. The van der Waals surface area contributed by atoms with E-state index in [1.165, 1.54) is 12.1 Å². The van der Waals surface area contributed by atoms with Crippen molar-refractivity contribution in [3.8, 4) is 5.69 Å². The lowest BCUT2D eigenvalue weighted by Gasteiger charge is -2.35. The lowest BCUT2D eigenvalue weighted by molar-refractivity contribution is -0.150. The van der Waals surface area contributed by atoms with Gasteiger partial charge in [-0.15, -0.1) is 0 Å². The number of halogens is 1. The minimum absolute atomic E-state index is 0.119. The minimum atomic E-state index is -1.50. The Morgan fingerprint density at radius 1 is 1.03 bits per heavy atom. The molecule has 1 heterocycles. The SMILES string of the molecule is CC(C)(CNC(=O)C(=O)O)[C@H](c1ccccc1)c1ccc2c(cnn2-c2ccc(F)cc2)c1. The predicted octanol–water partition coefficient (Wildman–Crippen LogP) is 4.52. The molecule has 0 unspecified atom stereocenters. The Kier molecular flexibility index (Phi) is 5.96. The molecule has 2 N–H and O–H groups in total. The molecule has 0 aliphatic carbocycles. The number of carboxylic acids is 1. The van der Waals surface area contributed by atoms with Crippen LogP contribution in [0.3, 0.4) is 0 Å². The van der Waals surface area contributed by atoms with Crippen LogP contribution in [0.25, 0.3) is 16.6 Å². The molecule has 168 valence electrons. The Hall–Kier alpha value is -4.00. The van der Waals surface area contributed by atoms with Gasteiger partial charge in [-0.1, -0.05) is 50.2 Å². The van der Waals surface area contributed by atoms with Gasteiger partial charge in [-0.3, -0.25) is 4.79 Å². The molecule has 0 bridgehead atoms. The van der Waals surface area contributed by atoms with Crippen molar-refractivity contribution in [1.82, 2.24) is 15.1 Å². The summed E-state index contributed by atoms with van der Waals surface area (Å²) in [6, 6.07) is 22.1. The Morgan fingerprint density at radius 2 is 1.73 bits per heavy atom. The van der Waals surface area contributed by atoms with Gasteiger partial charge in [0.1, 0.15) is 5.82 Å². The number of aliphatic carboxylic acids is 1. The van der Waals surface area contributed by atoms with Crippen LogP contribution in [0.2, 0.25) is 0 Å². The van der Waals surface area contributed by atoms with E-state index in [0.717, 1.165) is 27.7 Å². The maximum absolute atomic E-state index is 13.3. The number of carboxylic acid groups (broad SMARTS) is 1. The average Bonchev–Trinajstić information content (AvgIpc) is 3.22. The molecule has 0 saturated carbocycles. The van der Waals surface area contributed by atoms with Crippen molar-refractivity contribution < 1.29 is 19.1 Å². The average molecular weight is 445 g/mol. The predicted molar refractivity (Wildman–Crippen MR) is 124 cm³/mol. The van der Waals surface area contributed by atoms with Gasteiger partial charge in [-0.05, 0) is 52.9 Å². The molecule has 0 saturated heterocycles. The van der Waals surface area contributed by atoms with Crippen molar-refractivity contribution in [3.05, 3.63) is 95.9 Å². The van der Waals surface area contributed by atoms with Gasteiger partial charge >= 0.3 is 11.9 Å². The molecule has 33 heavy (non-hydrogen) atoms. The summed E-state index contributed by atoms with van der Waals surface area (Å²) in [6.45, 7) is 4.18. The highest BCUT2D eigenvalue weighted by molar-refractivity contribution is 6.31. The number of hydrogen-bond acceptors (Lipinski definition) is 3. The highest BCUT2D eigenvalue weighted by atomic mass is 19.1. The molecule has 0 spiro atoms. The number of nitrogens with one attached hydrogen (secondary N) is 1. The molecular weight excluding hydrogens is 421 g/mol. The van der Waals surface area contributed by atoms with E-state index in [1.807, 2.05) is 56.3 Å². The summed E-state index contributed by atoms with van der Waals surface area (Å²) in [7, 11) is 0. The second kappa shape index (κ2) is 8.86. The second-order valence-electron chi connectivity index (χ2n) is 8.67. The highest BCUT2D eigenvalue weighted by Crippen LogP contribution is 2.41. The van der Waals surface area contributed by atoms with Gasteiger partial charge in [-0.2, -0.15) is 5.10 Å². The van der Waals surface area contributed by atoms with Crippen LogP contribution in [0.15, 0.2) is 79.0 Å². The van der Waals surface area contributed by atoms with Crippen LogP contribution in [-0.2, 0) is 9.59 Å². The van der Waals surface area contributed by atoms with Gasteiger partial charge in [0.15, 0.2) is 0 Å². The van der Waals surface area contributed by atoms with Crippen LogP contribution < -0.4 is 5.32 Å². The third kappa shape index (κ3) is 4.62. The van der Waals surface area contributed by atoms with E-state index in [4.69, 9.17) is 5.11 Å². The molecule has 0 fully saturated rings. The topological polar surface area (TPSA) is 84.2 Å². The first-order valence-corrected chi connectivity index (χ1v) is 10.6. The van der Waals surface area contributed by atoms with Gasteiger partial charge in [0.2, 0.25) is 0 Å². The van der Waals surface area contributed by atoms with E-state index >= 15 is 0 Å². The van der Waals surface area contributed by atoms with Crippen LogP contribution in [-0.4, -0.2) is 33.3 Å². The van der Waals surface area contributed by atoms with E-state index in [1.54, 1.807) is 23.0 Å². The smallest absolute Gasteiger partial charge is 0.394 e. The largest absolute Gasteiger partial charge is 0.474 e. The van der Waals surface area contributed by atoms with E-state index in [-0.39, 0.29) is 18.3 Å². The summed E-state index contributed by atoms with van der Waals surface area (Å²) in [4.78, 5) is 22.6. The first kappa shape index (κ1) is 22.2. The van der Waals surface area contributed by atoms with Crippen LogP contribution in [0.5, 0.6) is 0 Å². The standard InChI is InChI=1S/C26H24FN3O3/c1-26(2,16-28-24(31)25(32)33)23(17-6-4-3-5-7-17)18-8-13-22-19(14-18)15-29-30(22)21-11-9-20(27)10-12-21/h3-15,23H,16H2,1-2H3,(H,28,31)(H,32,33)/t23-/m1/s1. The van der Waals surface area contributed by atoms with Gasteiger partial charge in [0, 0.05) is 17.8 Å². The summed E-state index contributed by atoms with van der Waals surface area (Å²) >= 11 is 0. The van der Waals surface area contributed by atoms with E-state index in [9.17, 15) is 14.0 Å².